The molecule has 0 fully saturated rings. The fourth-order valence-corrected chi connectivity index (χ4v) is 0.990. The quantitative estimate of drug-likeness (QED) is 0.728. The van der Waals surface area contributed by atoms with E-state index in [0.717, 1.165) is 30.9 Å². The van der Waals surface area contributed by atoms with Gasteiger partial charge in [0.25, 0.3) is 0 Å². The number of nitrogens with zero attached hydrogens (tertiary/aromatic N) is 1. The molecule has 4 heteroatoms. The molecule has 0 saturated carbocycles. The Balaban J connectivity index is 0.00000144. The predicted molar refractivity (Wildman–Crippen MR) is 58.4 cm³/mol. The van der Waals surface area contributed by atoms with E-state index in [2.05, 4.69) is 10.3 Å². The van der Waals surface area contributed by atoms with Crippen LogP contribution in [0, 0.1) is 6.92 Å². The van der Waals surface area contributed by atoms with Crippen molar-refractivity contribution in [1.29, 1.82) is 0 Å². The zero-order valence-electron chi connectivity index (χ0n) is 7.79. The second-order valence-corrected chi connectivity index (χ2v) is 2.75. The Morgan fingerprint density at radius 1 is 1.54 bits per heavy atom. The van der Waals surface area contributed by atoms with Crippen LogP contribution in [-0.4, -0.2) is 18.1 Å². The first-order valence-corrected chi connectivity index (χ1v) is 4.19. The van der Waals surface area contributed by atoms with Gasteiger partial charge in [0, 0.05) is 24.1 Å². The maximum atomic E-state index is 5.37. The summed E-state index contributed by atoms with van der Waals surface area (Å²) in [6.45, 7) is 3.64. The summed E-state index contributed by atoms with van der Waals surface area (Å²) in [6, 6.07) is 3.99. The van der Waals surface area contributed by atoms with Gasteiger partial charge in [-0.05, 0) is 32.0 Å². The summed E-state index contributed by atoms with van der Waals surface area (Å²) in [5.41, 5.74) is 7.53. The van der Waals surface area contributed by atoms with Gasteiger partial charge in [0.1, 0.15) is 0 Å². The van der Waals surface area contributed by atoms with Crippen LogP contribution >= 0.6 is 12.4 Å². The van der Waals surface area contributed by atoms with Gasteiger partial charge in [-0.3, -0.25) is 4.98 Å². The Kier molecular flexibility index (Phi) is 6.28. The first kappa shape index (κ1) is 12.2. The van der Waals surface area contributed by atoms with E-state index < -0.39 is 0 Å². The molecule has 0 atom stereocenters. The van der Waals surface area contributed by atoms with Crippen LogP contribution in [0.2, 0.25) is 0 Å². The molecule has 0 amide bonds. The number of halogens is 1. The minimum Gasteiger partial charge on any atom is -0.385 e. The normalized spacial score (nSPS) is 9.08. The number of rotatable bonds is 4. The third-order valence-electron chi connectivity index (χ3n) is 1.61. The van der Waals surface area contributed by atoms with E-state index in [0.29, 0.717) is 0 Å². The second-order valence-electron chi connectivity index (χ2n) is 2.75. The van der Waals surface area contributed by atoms with Gasteiger partial charge in [0.15, 0.2) is 0 Å². The molecule has 0 radical (unpaired) electrons. The smallest absolute Gasteiger partial charge is 0.0393 e. The SMILES string of the molecule is Cc1cc(NCCCN)ccn1.Cl. The van der Waals surface area contributed by atoms with Crippen LogP contribution in [0.15, 0.2) is 18.3 Å². The Bertz CT molecular complexity index is 240. The molecule has 0 bridgehead atoms. The van der Waals surface area contributed by atoms with Crippen molar-refractivity contribution in [2.45, 2.75) is 13.3 Å². The molecule has 74 valence electrons. The maximum Gasteiger partial charge on any atom is 0.0393 e. The van der Waals surface area contributed by atoms with E-state index in [1.807, 2.05) is 19.1 Å². The number of aromatic nitrogens is 1. The molecule has 0 aromatic carbocycles. The number of anilines is 1. The van der Waals surface area contributed by atoms with Crippen LogP contribution in [0.4, 0.5) is 5.69 Å². The Morgan fingerprint density at radius 2 is 2.31 bits per heavy atom. The van der Waals surface area contributed by atoms with Crippen LogP contribution in [0.1, 0.15) is 12.1 Å². The molecule has 0 spiro atoms. The molecular formula is C9H16ClN3. The van der Waals surface area contributed by atoms with Gasteiger partial charge in [-0.2, -0.15) is 0 Å². The number of nitrogens with one attached hydrogen (secondary N) is 1. The third kappa shape index (κ3) is 4.70. The molecule has 1 rings (SSSR count). The molecule has 1 aromatic heterocycles. The van der Waals surface area contributed by atoms with Crippen molar-refractivity contribution in [2.75, 3.05) is 18.4 Å². The predicted octanol–water partition coefficient (Wildman–Crippen LogP) is 1.57. The molecule has 1 aromatic rings. The molecule has 0 aliphatic carbocycles. The minimum absolute atomic E-state index is 0. The topological polar surface area (TPSA) is 50.9 Å². The zero-order chi connectivity index (χ0) is 8.81. The highest BCUT2D eigenvalue weighted by atomic mass is 35.5. The van der Waals surface area contributed by atoms with Crippen molar-refractivity contribution in [3.63, 3.8) is 0 Å². The van der Waals surface area contributed by atoms with Crippen LogP contribution in [0.5, 0.6) is 0 Å². The molecule has 3 N–H and O–H groups in total. The first-order valence-electron chi connectivity index (χ1n) is 4.19. The first-order chi connectivity index (χ1) is 5.83. The van der Waals surface area contributed by atoms with Crippen molar-refractivity contribution < 1.29 is 0 Å². The fraction of sp³-hybridized carbons (Fsp3) is 0.444. The van der Waals surface area contributed by atoms with Crippen molar-refractivity contribution in [3.05, 3.63) is 24.0 Å². The van der Waals surface area contributed by atoms with Crippen LogP contribution < -0.4 is 11.1 Å². The molecule has 1 heterocycles. The van der Waals surface area contributed by atoms with Crippen molar-refractivity contribution in [2.24, 2.45) is 5.73 Å². The van der Waals surface area contributed by atoms with Gasteiger partial charge in [-0.25, -0.2) is 0 Å². The van der Waals surface area contributed by atoms with Crippen LogP contribution in [0.25, 0.3) is 0 Å². The van der Waals surface area contributed by atoms with E-state index in [1.54, 1.807) is 6.20 Å². The van der Waals surface area contributed by atoms with E-state index in [4.69, 9.17) is 5.73 Å². The average Bonchev–Trinajstić information content (AvgIpc) is 2.05. The van der Waals surface area contributed by atoms with E-state index in [-0.39, 0.29) is 12.4 Å². The molecule has 3 nitrogen and oxygen atoms in total. The third-order valence-corrected chi connectivity index (χ3v) is 1.61. The van der Waals surface area contributed by atoms with Gasteiger partial charge in [-0.15, -0.1) is 12.4 Å². The highest BCUT2D eigenvalue weighted by Gasteiger charge is 1.90. The zero-order valence-corrected chi connectivity index (χ0v) is 8.60. The monoisotopic (exact) mass is 201 g/mol. The highest BCUT2D eigenvalue weighted by Crippen LogP contribution is 2.06. The Morgan fingerprint density at radius 3 is 2.92 bits per heavy atom. The minimum atomic E-state index is 0. The Labute approximate surface area is 85.2 Å². The lowest BCUT2D eigenvalue weighted by Crippen LogP contribution is -2.08. The van der Waals surface area contributed by atoms with Crippen LogP contribution in [-0.2, 0) is 0 Å². The summed E-state index contributed by atoms with van der Waals surface area (Å²) in [6.07, 6.45) is 2.81. The van der Waals surface area contributed by atoms with E-state index in [1.165, 1.54) is 0 Å². The molecule has 0 aliphatic heterocycles. The number of hydrogen-bond donors (Lipinski definition) is 2. The van der Waals surface area contributed by atoms with E-state index in [9.17, 15) is 0 Å². The highest BCUT2D eigenvalue weighted by molar-refractivity contribution is 5.85. The lowest BCUT2D eigenvalue weighted by molar-refractivity contribution is 0.874. The fourth-order valence-electron chi connectivity index (χ4n) is 0.990. The van der Waals surface area contributed by atoms with Gasteiger partial charge in [0.05, 0.1) is 0 Å². The van der Waals surface area contributed by atoms with Crippen molar-refractivity contribution >= 4 is 18.1 Å². The molecule has 0 aliphatic rings. The van der Waals surface area contributed by atoms with Crippen molar-refractivity contribution in [3.8, 4) is 0 Å². The summed E-state index contributed by atoms with van der Waals surface area (Å²) in [5.74, 6) is 0. The summed E-state index contributed by atoms with van der Waals surface area (Å²) >= 11 is 0. The standard InChI is InChI=1S/C9H15N3.ClH/c1-8-7-9(3-6-11-8)12-5-2-4-10;/h3,6-7H,2,4-5,10H2,1H3,(H,11,12);1H. The number of hydrogen-bond acceptors (Lipinski definition) is 3. The molecule has 13 heavy (non-hydrogen) atoms. The molecule has 0 saturated heterocycles. The molecular weight excluding hydrogens is 186 g/mol. The second kappa shape index (κ2) is 6.69. The maximum absolute atomic E-state index is 5.37. The number of pyridine rings is 1. The average molecular weight is 202 g/mol. The largest absolute Gasteiger partial charge is 0.385 e. The number of aryl methyl sites for hydroxylation is 1. The van der Waals surface area contributed by atoms with Gasteiger partial charge < -0.3 is 11.1 Å². The number of nitrogens with two attached hydrogens (primary N) is 1. The summed E-state index contributed by atoms with van der Waals surface area (Å²) in [5, 5.41) is 3.27. The van der Waals surface area contributed by atoms with Crippen molar-refractivity contribution in [1.82, 2.24) is 4.98 Å². The van der Waals surface area contributed by atoms with E-state index >= 15 is 0 Å². The van der Waals surface area contributed by atoms with Gasteiger partial charge in [-0.1, -0.05) is 0 Å². The van der Waals surface area contributed by atoms with Gasteiger partial charge >= 0.3 is 0 Å². The summed E-state index contributed by atoms with van der Waals surface area (Å²) in [7, 11) is 0. The summed E-state index contributed by atoms with van der Waals surface area (Å²) in [4.78, 5) is 4.10. The lowest BCUT2D eigenvalue weighted by Gasteiger charge is -2.04. The van der Waals surface area contributed by atoms with Crippen LogP contribution in [0.3, 0.4) is 0 Å². The lowest BCUT2D eigenvalue weighted by atomic mass is 10.3. The summed E-state index contributed by atoms with van der Waals surface area (Å²) < 4.78 is 0. The Hall–Kier alpha value is -0.800. The van der Waals surface area contributed by atoms with Gasteiger partial charge in [0.2, 0.25) is 0 Å². The molecule has 0 unspecified atom stereocenters.